The highest BCUT2D eigenvalue weighted by molar-refractivity contribution is 9.10. The maximum absolute atomic E-state index is 12.0. The summed E-state index contributed by atoms with van der Waals surface area (Å²) in [6.07, 6.45) is 2.12. The fourth-order valence-electron chi connectivity index (χ4n) is 3.23. The Kier molecular flexibility index (Phi) is 4.85. The number of anilines is 1. The van der Waals surface area contributed by atoms with Crippen LogP contribution in [0.1, 0.15) is 29.0 Å². The van der Waals surface area contributed by atoms with Gasteiger partial charge in [0.2, 0.25) is 5.91 Å². The number of nitrogens with one attached hydrogen (secondary N) is 2. The van der Waals surface area contributed by atoms with Gasteiger partial charge in [-0.2, -0.15) is 5.10 Å². The molecule has 2 N–H and O–H groups in total. The Bertz CT molecular complexity index is 986. The molecule has 1 amide bonds. The predicted molar refractivity (Wildman–Crippen MR) is 105 cm³/mol. The van der Waals surface area contributed by atoms with Crippen LogP contribution in [0.15, 0.2) is 53.1 Å². The number of methoxy groups -OCH3 is 1. The molecule has 0 aliphatic carbocycles. The highest BCUT2D eigenvalue weighted by Gasteiger charge is 2.28. The fourth-order valence-corrected chi connectivity index (χ4v) is 3.63. The maximum Gasteiger partial charge on any atom is 0.226 e. The standard InChI is InChI=1S/C20H18BrN3O3/c1-26-18-8-12(14-9-19(25)23-20-15(14)10-22-24-20)6-7-17(18)27-11-13-4-2-3-5-16(13)21/h2-8,10,14H,9,11H2,1H3,(H2,22,23,24,25). The van der Waals surface area contributed by atoms with E-state index in [9.17, 15) is 4.79 Å². The van der Waals surface area contributed by atoms with Gasteiger partial charge in [0.1, 0.15) is 12.4 Å². The smallest absolute Gasteiger partial charge is 0.226 e. The molecule has 0 saturated carbocycles. The van der Waals surface area contributed by atoms with Crippen LogP contribution in [0.3, 0.4) is 0 Å². The van der Waals surface area contributed by atoms with Crippen molar-refractivity contribution in [2.75, 3.05) is 12.4 Å². The molecule has 1 atom stereocenters. The van der Waals surface area contributed by atoms with Crippen LogP contribution in [-0.2, 0) is 11.4 Å². The van der Waals surface area contributed by atoms with Gasteiger partial charge in [0.05, 0.1) is 13.3 Å². The molecule has 0 radical (unpaired) electrons. The first-order valence-electron chi connectivity index (χ1n) is 8.53. The molecular formula is C20H18BrN3O3. The number of hydrogen-bond acceptors (Lipinski definition) is 4. The number of carbonyl (C=O) groups excluding carboxylic acids is 1. The molecule has 0 fully saturated rings. The molecule has 1 aliphatic heterocycles. The van der Waals surface area contributed by atoms with Crippen molar-refractivity contribution in [1.82, 2.24) is 10.2 Å². The normalized spacial score (nSPS) is 15.8. The highest BCUT2D eigenvalue weighted by Crippen LogP contribution is 2.39. The number of hydrogen-bond donors (Lipinski definition) is 2. The number of aromatic nitrogens is 2. The van der Waals surface area contributed by atoms with Gasteiger partial charge in [0, 0.05) is 27.9 Å². The first-order valence-corrected chi connectivity index (χ1v) is 9.32. The second kappa shape index (κ2) is 7.44. The Morgan fingerprint density at radius 2 is 2.07 bits per heavy atom. The summed E-state index contributed by atoms with van der Waals surface area (Å²) in [7, 11) is 1.61. The molecule has 27 heavy (non-hydrogen) atoms. The molecule has 0 bridgehead atoms. The average Bonchev–Trinajstić information content (AvgIpc) is 3.15. The summed E-state index contributed by atoms with van der Waals surface area (Å²) in [5.74, 6) is 1.84. The van der Waals surface area contributed by atoms with Crippen molar-refractivity contribution in [2.45, 2.75) is 18.9 Å². The van der Waals surface area contributed by atoms with Crippen LogP contribution in [0, 0.1) is 0 Å². The number of H-pyrrole nitrogens is 1. The average molecular weight is 428 g/mol. The minimum absolute atomic E-state index is 0.0371. The molecule has 1 aromatic heterocycles. The monoisotopic (exact) mass is 427 g/mol. The molecule has 3 aromatic rings. The summed E-state index contributed by atoms with van der Waals surface area (Å²) in [6.45, 7) is 0.425. The van der Waals surface area contributed by atoms with Crippen molar-refractivity contribution in [3.63, 3.8) is 0 Å². The second-order valence-corrected chi connectivity index (χ2v) is 7.15. The molecule has 4 rings (SSSR count). The zero-order chi connectivity index (χ0) is 18.8. The Labute approximate surface area is 165 Å². The third-order valence-corrected chi connectivity index (χ3v) is 5.40. The largest absolute Gasteiger partial charge is 0.493 e. The first-order chi connectivity index (χ1) is 13.2. The minimum Gasteiger partial charge on any atom is -0.493 e. The van der Waals surface area contributed by atoms with Crippen molar-refractivity contribution in [3.8, 4) is 11.5 Å². The van der Waals surface area contributed by atoms with E-state index in [1.165, 1.54) is 0 Å². The molecule has 2 aromatic carbocycles. The molecule has 2 heterocycles. The fraction of sp³-hybridized carbons (Fsp3) is 0.200. The Morgan fingerprint density at radius 3 is 2.89 bits per heavy atom. The quantitative estimate of drug-likeness (QED) is 0.638. The van der Waals surface area contributed by atoms with E-state index in [-0.39, 0.29) is 11.8 Å². The van der Waals surface area contributed by atoms with Crippen molar-refractivity contribution in [1.29, 1.82) is 0 Å². The van der Waals surface area contributed by atoms with Gasteiger partial charge in [0.25, 0.3) is 0 Å². The van der Waals surface area contributed by atoms with Crippen LogP contribution in [0.4, 0.5) is 5.82 Å². The molecule has 6 nitrogen and oxygen atoms in total. The van der Waals surface area contributed by atoms with E-state index >= 15 is 0 Å². The van der Waals surface area contributed by atoms with Crippen LogP contribution < -0.4 is 14.8 Å². The van der Waals surface area contributed by atoms with Crippen LogP contribution in [0.2, 0.25) is 0 Å². The number of fused-ring (bicyclic) bond motifs is 1. The third-order valence-electron chi connectivity index (χ3n) is 4.63. The number of aromatic amines is 1. The molecule has 1 aliphatic rings. The van der Waals surface area contributed by atoms with E-state index in [2.05, 4.69) is 31.4 Å². The van der Waals surface area contributed by atoms with Crippen LogP contribution in [0.5, 0.6) is 11.5 Å². The van der Waals surface area contributed by atoms with Crippen molar-refractivity contribution >= 4 is 27.7 Å². The van der Waals surface area contributed by atoms with Crippen LogP contribution in [-0.4, -0.2) is 23.2 Å². The van der Waals surface area contributed by atoms with E-state index in [1.807, 2.05) is 42.5 Å². The number of amides is 1. The SMILES string of the molecule is COc1cc(C2CC(=O)Nc3[nH]ncc32)ccc1OCc1ccccc1Br. The van der Waals surface area contributed by atoms with E-state index < -0.39 is 0 Å². The lowest BCUT2D eigenvalue weighted by molar-refractivity contribution is -0.116. The number of halogens is 1. The zero-order valence-corrected chi connectivity index (χ0v) is 16.2. The lowest BCUT2D eigenvalue weighted by Crippen LogP contribution is -2.23. The second-order valence-electron chi connectivity index (χ2n) is 6.30. The van der Waals surface area contributed by atoms with Crippen LogP contribution >= 0.6 is 15.9 Å². The Morgan fingerprint density at radius 1 is 1.22 bits per heavy atom. The van der Waals surface area contributed by atoms with Crippen molar-refractivity contribution in [3.05, 3.63) is 69.8 Å². The van der Waals surface area contributed by atoms with Gasteiger partial charge in [-0.15, -0.1) is 0 Å². The number of ether oxygens (including phenoxy) is 2. The molecule has 1 unspecified atom stereocenters. The summed E-state index contributed by atoms with van der Waals surface area (Å²) >= 11 is 3.53. The van der Waals surface area contributed by atoms with Gasteiger partial charge in [-0.25, -0.2) is 0 Å². The van der Waals surface area contributed by atoms with E-state index in [0.717, 1.165) is 21.2 Å². The zero-order valence-electron chi connectivity index (χ0n) is 14.7. The maximum atomic E-state index is 12.0. The summed E-state index contributed by atoms with van der Waals surface area (Å²) in [5.41, 5.74) is 3.01. The topological polar surface area (TPSA) is 76.2 Å². The number of carbonyl (C=O) groups is 1. The Balaban J connectivity index is 1.59. The Hall–Kier alpha value is -2.80. The molecular weight excluding hydrogens is 410 g/mol. The summed E-state index contributed by atoms with van der Waals surface area (Å²) < 4.78 is 12.5. The molecule has 0 saturated heterocycles. The van der Waals surface area contributed by atoms with Crippen molar-refractivity contribution in [2.24, 2.45) is 0 Å². The highest BCUT2D eigenvalue weighted by atomic mass is 79.9. The lowest BCUT2D eigenvalue weighted by atomic mass is 9.87. The minimum atomic E-state index is -0.0706. The van der Waals surface area contributed by atoms with Gasteiger partial charge in [0.15, 0.2) is 11.5 Å². The molecule has 0 spiro atoms. The number of benzene rings is 2. The summed E-state index contributed by atoms with van der Waals surface area (Å²) in [5, 5.41) is 9.68. The van der Waals surface area contributed by atoms with Gasteiger partial charge in [-0.05, 0) is 23.8 Å². The molecule has 7 heteroatoms. The van der Waals surface area contributed by atoms with Gasteiger partial charge >= 0.3 is 0 Å². The number of rotatable bonds is 5. The van der Waals surface area contributed by atoms with Gasteiger partial charge in [-0.1, -0.05) is 40.2 Å². The summed E-state index contributed by atoms with van der Waals surface area (Å²) in [4.78, 5) is 12.0. The van der Waals surface area contributed by atoms with Gasteiger partial charge < -0.3 is 14.8 Å². The van der Waals surface area contributed by atoms with E-state index in [1.54, 1.807) is 13.3 Å². The third kappa shape index (κ3) is 3.55. The van der Waals surface area contributed by atoms with Crippen LogP contribution in [0.25, 0.3) is 0 Å². The van der Waals surface area contributed by atoms with Gasteiger partial charge in [-0.3, -0.25) is 9.89 Å². The first kappa shape index (κ1) is 17.6. The van der Waals surface area contributed by atoms with Crippen molar-refractivity contribution < 1.29 is 14.3 Å². The van der Waals surface area contributed by atoms with E-state index in [0.29, 0.717) is 30.3 Å². The molecule has 138 valence electrons. The predicted octanol–water partition coefficient (Wildman–Crippen LogP) is 4.23. The number of nitrogens with zero attached hydrogens (tertiary/aromatic N) is 1. The lowest BCUT2D eigenvalue weighted by Gasteiger charge is -2.23. The summed E-state index contributed by atoms with van der Waals surface area (Å²) in [6, 6.07) is 13.7. The van der Waals surface area contributed by atoms with E-state index in [4.69, 9.17) is 9.47 Å².